The summed E-state index contributed by atoms with van der Waals surface area (Å²) in [6.07, 6.45) is 0. The van der Waals surface area contributed by atoms with Crippen LogP contribution in [0.5, 0.6) is 0 Å². The highest BCUT2D eigenvalue weighted by Crippen LogP contribution is 2.26. The van der Waals surface area contributed by atoms with Crippen LogP contribution in [0.15, 0.2) is 59.6 Å². The average Bonchev–Trinajstić information content (AvgIpc) is 2.53. The molecule has 122 valence electrons. The zero-order valence-electron chi connectivity index (χ0n) is 13.3. The first-order valence-electron chi connectivity index (χ1n) is 7.38. The quantitative estimate of drug-likeness (QED) is 0.674. The topological polar surface area (TPSA) is 41.6 Å². The van der Waals surface area contributed by atoms with Gasteiger partial charge in [-0.3, -0.25) is 0 Å². The molecule has 23 heavy (non-hydrogen) atoms. The molecular weight excluding hydrogens is 296 g/mol. The molecule has 0 unspecified atom stereocenters. The molecule has 0 aliphatic rings. The van der Waals surface area contributed by atoms with Crippen LogP contribution in [0.3, 0.4) is 0 Å². The summed E-state index contributed by atoms with van der Waals surface area (Å²) >= 11 is 0. The van der Waals surface area contributed by atoms with Crippen molar-refractivity contribution in [2.75, 3.05) is 7.05 Å². The van der Waals surface area contributed by atoms with Crippen molar-refractivity contribution in [3.63, 3.8) is 0 Å². The van der Waals surface area contributed by atoms with Crippen LogP contribution in [0, 0.1) is 0 Å². The smallest absolute Gasteiger partial charge is 0.270 e. The van der Waals surface area contributed by atoms with Gasteiger partial charge < -0.3 is 10.6 Å². The number of aliphatic imine (C=N–C) groups is 1. The number of alkyl halides is 2. The number of rotatable bonds is 5. The first kappa shape index (κ1) is 16.9. The molecule has 0 aliphatic heterocycles. The minimum atomic E-state index is -2.82. The maximum Gasteiger partial charge on any atom is 0.270 e. The van der Waals surface area contributed by atoms with Gasteiger partial charge in [0.05, 0.1) is 6.54 Å². The summed E-state index contributed by atoms with van der Waals surface area (Å²) in [4.78, 5) is 6.17. The van der Waals surface area contributed by atoms with E-state index in [1.54, 1.807) is 12.1 Å². The molecule has 0 aliphatic carbocycles. The van der Waals surface area contributed by atoms with Crippen LogP contribution in [-0.4, -0.2) is 17.9 Å². The number of guanidine groups is 1. The zero-order valence-corrected chi connectivity index (χ0v) is 13.3. The van der Waals surface area contributed by atoms with Crippen molar-refractivity contribution in [3.8, 4) is 0 Å². The lowest BCUT2D eigenvalue weighted by Crippen LogP contribution is -2.33. The molecule has 5 heteroatoms. The van der Waals surface area contributed by atoms with E-state index in [0.717, 1.165) is 18.1 Å². The molecule has 3 nitrogen and oxygen atoms in total. The van der Waals surface area contributed by atoms with E-state index < -0.39 is 5.92 Å². The van der Waals surface area contributed by atoms with Crippen molar-refractivity contribution in [2.24, 2.45) is 10.7 Å². The zero-order chi connectivity index (χ0) is 16.9. The highest BCUT2D eigenvalue weighted by molar-refractivity contribution is 5.77. The number of nitrogens with two attached hydrogens (primary N) is 1. The Morgan fingerprint density at radius 3 is 2.22 bits per heavy atom. The van der Waals surface area contributed by atoms with Gasteiger partial charge in [-0.15, -0.1) is 0 Å². The fraction of sp³-hybridized carbons (Fsp3) is 0.278. The molecule has 0 saturated carbocycles. The second-order valence-electron chi connectivity index (χ2n) is 5.60. The maximum absolute atomic E-state index is 13.2. The third-order valence-corrected chi connectivity index (χ3v) is 3.54. The Bertz CT molecular complexity index is 646. The molecule has 2 rings (SSSR count). The first-order valence-corrected chi connectivity index (χ1v) is 7.38. The Hall–Kier alpha value is -2.43. The van der Waals surface area contributed by atoms with E-state index in [-0.39, 0.29) is 5.56 Å². The number of nitrogens with zero attached hydrogens (tertiary/aromatic N) is 2. The van der Waals surface area contributed by atoms with Gasteiger partial charge in [0.2, 0.25) is 0 Å². The monoisotopic (exact) mass is 317 g/mol. The van der Waals surface area contributed by atoms with Crippen molar-refractivity contribution >= 4 is 5.96 Å². The molecule has 2 N–H and O–H groups in total. The minimum absolute atomic E-state index is 0.000558. The van der Waals surface area contributed by atoms with Crippen LogP contribution < -0.4 is 5.73 Å². The molecular formula is C18H21F2N3. The van der Waals surface area contributed by atoms with Crippen molar-refractivity contribution in [1.82, 2.24) is 4.90 Å². The largest absolute Gasteiger partial charge is 0.370 e. The Balaban J connectivity index is 1.96. The average molecular weight is 317 g/mol. The summed E-state index contributed by atoms with van der Waals surface area (Å²) < 4.78 is 26.3. The standard InChI is InChI=1S/C18H21F2N3/c1-18(19,20)16-10-8-14(9-11-16)12-22-17(21)23(2)13-15-6-4-3-5-7-15/h3-11H,12-13H2,1-2H3,(H2,21,22). The molecule has 0 atom stereocenters. The van der Waals surface area contributed by atoms with Gasteiger partial charge in [0, 0.05) is 26.1 Å². The fourth-order valence-electron chi connectivity index (χ4n) is 2.13. The summed E-state index contributed by atoms with van der Waals surface area (Å²) in [7, 11) is 1.87. The third-order valence-electron chi connectivity index (χ3n) is 3.54. The summed E-state index contributed by atoms with van der Waals surface area (Å²) in [5, 5.41) is 0. The predicted octanol–water partition coefficient (Wildman–Crippen LogP) is 3.75. The van der Waals surface area contributed by atoms with Crippen LogP contribution >= 0.6 is 0 Å². The first-order chi connectivity index (χ1) is 10.9. The van der Waals surface area contributed by atoms with Crippen molar-refractivity contribution in [2.45, 2.75) is 25.9 Å². The summed E-state index contributed by atoms with van der Waals surface area (Å²) in [5.74, 6) is -2.41. The molecule has 0 heterocycles. The molecule has 0 spiro atoms. The van der Waals surface area contributed by atoms with Crippen molar-refractivity contribution in [3.05, 3.63) is 71.3 Å². The number of halogens is 2. The Labute approximate surface area is 135 Å². The van der Waals surface area contributed by atoms with E-state index in [9.17, 15) is 8.78 Å². The molecule has 0 saturated heterocycles. The SMILES string of the molecule is CN(Cc1ccccc1)C(N)=NCc1ccc(C(C)(F)F)cc1. The van der Waals surface area contributed by atoms with Crippen LogP contribution in [0.4, 0.5) is 8.78 Å². The molecule has 2 aromatic carbocycles. The lowest BCUT2D eigenvalue weighted by atomic mass is 10.1. The van der Waals surface area contributed by atoms with Crippen molar-refractivity contribution < 1.29 is 8.78 Å². The van der Waals surface area contributed by atoms with Gasteiger partial charge in [0.25, 0.3) is 5.92 Å². The van der Waals surface area contributed by atoms with Gasteiger partial charge in [-0.25, -0.2) is 13.8 Å². The van der Waals surface area contributed by atoms with Gasteiger partial charge in [0.1, 0.15) is 0 Å². The van der Waals surface area contributed by atoms with Crippen LogP contribution in [0.2, 0.25) is 0 Å². The van der Waals surface area contributed by atoms with E-state index >= 15 is 0 Å². The summed E-state index contributed by atoms with van der Waals surface area (Å²) in [6.45, 7) is 1.91. The third kappa shape index (κ3) is 5.06. The van der Waals surface area contributed by atoms with Gasteiger partial charge in [-0.1, -0.05) is 54.6 Å². The van der Waals surface area contributed by atoms with E-state index in [1.807, 2.05) is 42.3 Å². The van der Waals surface area contributed by atoms with E-state index in [4.69, 9.17) is 5.73 Å². The van der Waals surface area contributed by atoms with Gasteiger partial charge in [0.15, 0.2) is 5.96 Å². The molecule has 0 bridgehead atoms. The lowest BCUT2D eigenvalue weighted by molar-refractivity contribution is 0.0174. The van der Waals surface area contributed by atoms with Crippen LogP contribution in [0.1, 0.15) is 23.6 Å². The fourth-order valence-corrected chi connectivity index (χ4v) is 2.13. The van der Waals surface area contributed by atoms with Gasteiger partial charge >= 0.3 is 0 Å². The van der Waals surface area contributed by atoms with Crippen LogP contribution in [0.25, 0.3) is 0 Å². The second kappa shape index (κ2) is 7.22. The van der Waals surface area contributed by atoms with Crippen molar-refractivity contribution in [1.29, 1.82) is 0 Å². The maximum atomic E-state index is 13.2. The van der Waals surface area contributed by atoms with E-state index in [2.05, 4.69) is 4.99 Å². The normalized spacial score (nSPS) is 12.3. The van der Waals surface area contributed by atoms with Crippen LogP contribution in [-0.2, 0) is 19.0 Å². The molecule has 0 aromatic heterocycles. The second-order valence-corrected chi connectivity index (χ2v) is 5.60. The highest BCUT2D eigenvalue weighted by atomic mass is 19.3. The molecule has 0 amide bonds. The predicted molar refractivity (Wildman–Crippen MR) is 89.2 cm³/mol. The highest BCUT2D eigenvalue weighted by Gasteiger charge is 2.23. The van der Waals surface area contributed by atoms with E-state index in [1.165, 1.54) is 12.1 Å². The molecule has 2 aromatic rings. The summed E-state index contributed by atoms with van der Waals surface area (Å²) in [5.41, 5.74) is 7.95. The van der Waals surface area contributed by atoms with E-state index in [0.29, 0.717) is 19.0 Å². The summed E-state index contributed by atoms with van der Waals surface area (Å²) in [6, 6.07) is 16.1. The lowest BCUT2D eigenvalue weighted by Gasteiger charge is -2.18. The molecule has 0 fully saturated rings. The van der Waals surface area contributed by atoms with Gasteiger partial charge in [-0.2, -0.15) is 0 Å². The minimum Gasteiger partial charge on any atom is -0.370 e. The number of benzene rings is 2. The van der Waals surface area contributed by atoms with Gasteiger partial charge in [-0.05, 0) is 11.1 Å². The Morgan fingerprint density at radius 2 is 1.65 bits per heavy atom. The molecule has 0 radical (unpaired) electrons. The Kier molecular flexibility index (Phi) is 5.32. The number of hydrogen-bond acceptors (Lipinski definition) is 1. The Morgan fingerprint density at radius 1 is 1.04 bits per heavy atom. The number of hydrogen-bond donors (Lipinski definition) is 1.